The van der Waals surface area contributed by atoms with Gasteiger partial charge in [-0.3, -0.25) is 14.9 Å². The SMILES string of the molecule is COC(=O)CCCCCNc1cc(OC)ccc1[N+](=O)[O-]. The Bertz CT molecular complexity index is 490. The third-order valence-corrected chi connectivity index (χ3v) is 3.00. The van der Waals surface area contributed by atoms with E-state index in [0.29, 0.717) is 24.4 Å². The Balaban J connectivity index is 2.43. The normalized spacial score (nSPS) is 10.0. The fourth-order valence-electron chi connectivity index (χ4n) is 1.84. The monoisotopic (exact) mass is 296 g/mol. The lowest BCUT2D eigenvalue weighted by atomic mass is 10.2. The second-order valence-corrected chi connectivity index (χ2v) is 4.45. The first-order valence-electron chi connectivity index (χ1n) is 6.71. The Morgan fingerprint density at radius 3 is 2.67 bits per heavy atom. The van der Waals surface area contributed by atoms with Gasteiger partial charge in [0.2, 0.25) is 0 Å². The van der Waals surface area contributed by atoms with E-state index in [2.05, 4.69) is 10.1 Å². The molecule has 0 fully saturated rings. The maximum Gasteiger partial charge on any atom is 0.305 e. The van der Waals surface area contributed by atoms with Crippen molar-refractivity contribution in [3.8, 4) is 5.75 Å². The number of carbonyl (C=O) groups excluding carboxylic acids is 1. The molecule has 0 unspecified atom stereocenters. The van der Waals surface area contributed by atoms with E-state index in [0.717, 1.165) is 19.3 Å². The molecule has 1 aromatic rings. The lowest BCUT2D eigenvalue weighted by Gasteiger charge is -2.08. The number of ether oxygens (including phenoxy) is 2. The van der Waals surface area contributed by atoms with E-state index in [4.69, 9.17) is 4.74 Å². The fourth-order valence-corrected chi connectivity index (χ4v) is 1.84. The number of hydrogen-bond donors (Lipinski definition) is 1. The summed E-state index contributed by atoms with van der Waals surface area (Å²) >= 11 is 0. The Labute approximate surface area is 123 Å². The lowest BCUT2D eigenvalue weighted by Crippen LogP contribution is -2.05. The van der Waals surface area contributed by atoms with Crippen LogP contribution in [0.3, 0.4) is 0 Å². The van der Waals surface area contributed by atoms with Crippen LogP contribution >= 0.6 is 0 Å². The van der Waals surface area contributed by atoms with E-state index in [1.165, 1.54) is 20.3 Å². The van der Waals surface area contributed by atoms with Gasteiger partial charge in [-0.1, -0.05) is 6.42 Å². The number of carbonyl (C=O) groups is 1. The Morgan fingerprint density at radius 1 is 1.29 bits per heavy atom. The van der Waals surface area contributed by atoms with Gasteiger partial charge in [0.1, 0.15) is 11.4 Å². The molecule has 21 heavy (non-hydrogen) atoms. The second-order valence-electron chi connectivity index (χ2n) is 4.45. The van der Waals surface area contributed by atoms with E-state index in [-0.39, 0.29) is 11.7 Å². The average Bonchev–Trinajstić information content (AvgIpc) is 2.49. The van der Waals surface area contributed by atoms with Gasteiger partial charge in [0.05, 0.1) is 19.1 Å². The number of nitrogens with one attached hydrogen (secondary N) is 1. The standard InChI is InChI=1S/C14H20N2O5/c1-20-11-7-8-13(16(18)19)12(10-11)15-9-5-3-4-6-14(17)21-2/h7-8,10,15H,3-6,9H2,1-2H3. The molecule has 0 saturated carbocycles. The first kappa shape index (κ1) is 16.7. The van der Waals surface area contributed by atoms with Crippen molar-refractivity contribution in [3.63, 3.8) is 0 Å². The highest BCUT2D eigenvalue weighted by Crippen LogP contribution is 2.28. The Kier molecular flexibility index (Phi) is 7.00. The molecule has 0 amide bonds. The van der Waals surface area contributed by atoms with E-state index in [1.807, 2.05) is 0 Å². The highest BCUT2D eigenvalue weighted by atomic mass is 16.6. The van der Waals surface area contributed by atoms with Crippen LogP contribution in [-0.2, 0) is 9.53 Å². The molecular formula is C14H20N2O5. The van der Waals surface area contributed by atoms with Crippen LogP contribution in [0.1, 0.15) is 25.7 Å². The van der Waals surface area contributed by atoms with Gasteiger partial charge in [0, 0.05) is 25.1 Å². The van der Waals surface area contributed by atoms with Crippen LogP contribution in [-0.4, -0.2) is 31.7 Å². The fraction of sp³-hybridized carbons (Fsp3) is 0.500. The molecule has 0 radical (unpaired) electrons. The number of unbranched alkanes of at least 4 members (excludes halogenated alkanes) is 2. The van der Waals surface area contributed by atoms with Crippen molar-refractivity contribution < 1.29 is 19.2 Å². The van der Waals surface area contributed by atoms with Crippen molar-refractivity contribution in [1.29, 1.82) is 0 Å². The van der Waals surface area contributed by atoms with Gasteiger partial charge in [-0.25, -0.2) is 0 Å². The van der Waals surface area contributed by atoms with Gasteiger partial charge in [0.15, 0.2) is 0 Å². The molecule has 7 heteroatoms. The van der Waals surface area contributed by atoms with E-state index in [9.17, 15) is 14.9 Å². The van der Waals surface area contributed by atoms with Crippen molar-refractivity contribution in [2.45, 2.75) is 25.7 Å². The number of anilines is 1. The molecule has 0 heterocycles. The van der Waals surface area contributed by atoms with E-state index in [1.54, 1.807) is 12.1 Å². The number of nitro benzene ring substituents is 1. The van der Waals surface area contributed by atoms with Gasteiger partial charge in [-0.2, -0.15) is 0 Å². The molecule has 0 atom stereocenters. The number of nitrogens with zero attached hydrogens (tertiary/aromatic N) is 1. The zero-order valence-corrected chi connectivity index (χ0v) is 12.3. The number of esters is 1. The van der Waals surface area contributed by atoms with Gasteiger partial charge >= 0.3 is 5.97 Å². The molecule has 7 nitrogen and oxygen atoms in total. The predicted molar refractivity (Wildman–Crippen MR) is 78.6 cm³/mol. The summed E-state index contributed by atoms with van der Waals surface area (Å²) in [6, 6.07) is 4.57. The molecule has 0 aromatic heterocycles. The maximum absolute atomic E-state index is 10.9. The first-order chi connectivity index (χ1) is 10.1. The lowest BCUT2D eigenvalue weighted by molar-refractivity contribution is -0.384. The summed E-state index contributed by atoms with van der Waals surface area (Å²) in [6.07, 6.45) is 2.80. The van der Waals surface area contributed by atoms with Crippen molar-refractivity contribution in [3.05, 3.63) is 28.3 Å². The maximum atomic E-state index is 10.9. The first-order valence-corrected chi connectivity index (χ1v) is 6.71. The molecule has 1 aromatic carbocycles. The Hall–Kier alpha value is -2.31. The molecule has 1 rings (SSSR count). The summed E-state index contributed by atoms with van der Waals surface area (Å²) in [5, 5.41) is 14.0. The molecule has 0 spiro atoms. The van der Waals surface area contributed by atoms with Crippen LogP contribution in [0.15, 0.2) is 18.2 Å². The Morgan fingerprint density at radius 2 is 2.05 bits per heavy atom. The van der Waals surface area contributed by atoms with Crippen LogP contribution in [0.5, 0.6) is 5.75 Å². The van der Waals surface area contributed by atoms with Crippen LogP contribution in [0.4, 0.5) is 11.4 Å². The highest BCUT2D eigenvalue weighted by Gasteiger charge is 2.13. The zero-order chi connectivity index (χ0) is 15.7. The molecule has 0 aliphatic carbocycles. The van der Waals surface area contributed by atoms with Gasteiger partial charge in [-0.15, -0.1) is 0 Å². The number of methoxy groups -OCH3 is 2. The summed E-state index contributed by atoms with van der Waals surface area (Å²) in [6.45, 7) is 0.592. The molecule has 0 bridgehead atoms. The summed E-state index contributed by atoms with van der Waals surface area (Å²) in [7, 11) is 2.88. The third-order valence-electron chi connectivity index (χ3n) is 3.00. The summed E-state index contributed by atoms with van der Waals surface area (Å²) in [4.78, 5) is 21.4. The molecule has 0 aliphatic heterocycles. The predicted octanol–water partition coefficient (Wildman–Crippen LogP) is 2.75. The van der Waals surface area contributed by atoms with Crippen LogP contribution < -0.4 is 10.1 Å². The molecule has 0 saturated heterocycles. The largest absolute Gasteiger partial charge is 0.497 e. The summed E-state index contributed by atoms with van der Waals surface area (Å²) in [5.41, 5.74) is 0.456. The number of benzene rings is 1. The van der Waals surface area contributed by atoms with Crippen molar-refractivity contribution in [2.24, 2.45) is 0 Å². The number of hydrogen-bond acceptors (Lipinski definition) is 6. The van der Waals surface area contributed by atoms with Gasteiger partial charge in [-0.05, 0) is 18.9 Å². The van der Waals surface area contributed by atoms with Crippen molar-refractivity contribution in [2.75, 3.05) is 26.1 Å². The average molecular weight is 296 g/mol. The molecule has 116 valence electrons. The zero-order valence-electron chi connectivity index (χ0n) is 12.3. The molecular weight excluding hydrogens is 276 g/mol. The van der Waals surface area contributed by atoms with E-state index >= 15 is 0 Å². The number of nitro groups is 1. The van der Waals surface area contributed by atoms with Crippen LogP contribution in [0.25, 0.3) is 0 Å². The second kappa shape index (κ2) is 8.78. The van der Waals surface area contributed by atoms with E-state index < -0.39 is 4.92 Å². The van der Waals surface area contributed by atoms with Crippen molar-refractivity contribution in [1.82, 2.24) is 0 Å². The quantitative estimate of drug-likeness (QED) is 0.326. The van der Waals surface area contributed by atoms with Gasteiger partial charge in [0.25, 0.3) is 5.69 Å². The molecule has 0 aliphatic rings. The minimum Gasteiger partial charge on any atom is -0.497 e. The summed E-state index contributed by atoms with van der Waals surface area (Å²) < 4.78 is 9.61. The number of rotatable bonds is 9. The summed E-state index contributed by atoms with van der Waals surface area (Å²) in [5.74, 6) is 0.347. The minimum atomic E-state index is -0.432. The van der Waals surface area contributed by atoms with Crippen molar-refractivity contribution >= 4 is 17.3 Å². The third kappa shape index (κ3) is 5.68. The van der Waals surface area contributed by atoms with Crippen LogP contribution in [0.2, 0.25) is 0 Å². The highest BCUT2D eigenvalue weighted by molar-refractivity contribution is 5.69. The molecule has 1 N–H and O–H groups in total. The van der Waals surface area contributed by atoms with Crippen LogP contribution in [0, 0.1) is 10.1 Å². The van der Waals surface area contributed by atoms with Gasteiger partial charge < -0.3 is 14.8 Å². The smallest absolute Gasteiger partial charge is 0.305 e. The minimum absolute atomic E-state index is 0.0189. The topological polar surface area (TPSA) is 90.7 Å².